The number of aryl methyl sites for hydroxylation is 1. The number of halogens is 1. The highest BCUT2D eigenvalue weighted by atomic mass is 19.1. The summed E-state index contributed by atoms with van der Waals surface area (Å²) in [7, 11) is 0. The molecule has 1 saturated carbocycles. The molecule has 0 unspecified atom stereocenters. The van der Waals surface area contributed by atoms with Crippen LogP contribution < -0.4 is 10.9 Å². The van der Waals surface area contributed by atoms with Gasteiger partial charge in [-0.25, -0.2) is 9.37 Å². The highest BCUT2D eigenvalue weighted by Gasteiger charge is 2.16. The second-order valence-corrected chi connectivity index (χ2v) is 7.29. The fraction of sp³-hybridized carbons (Fsp3) is 0.450. The molecule has 27 heavy (non-hydrogen) atoms. The summed E-state index contributed by atoms with van der Waals surface area (Å²) < 4.78 is 14.9. The van der Waals surface area contributed by atoms with E-state index >= 15 is 0 Å². The lowest BCUT2D eigenvalue weighted by Crippen LogP contribution is -2.35. The van der Waals surface area contributed by atoms with Crippen molar-refractivity contribution in [2.45, 2.75) is 57.5 Å². The summed E-state index contributed by atoms with van der Waals surface area (Å²) in [5, 5.41) is 3.67. The standard InChI is InChI=1S/C20H23FN4O2/c21-13-7-8-16-15(11-13)18-19(24-16)20(27)25(12-22-18)10-9-17(26)23-14-5-3-1-2-4-6-14/h7-8,11-12,14,24H,1-6,9-10H2,(H,23,26). The topological polar surface area (TPSA) is 79.8 Å². The third kappa shape index (κ3) is 3.72. The summed E-state index contributed by atoms with van der Waals surface area (Å²) in [6.07, 6.45) is 8.53. The van der Waals surface area contributed by atoms with Gasteiger partial charge in [0.2, 0.25) is 5.91 Å². The van der Waals surface area contributed by atoms with Gasteiger partial charge in [-0.3, -0.25) is 14.2 Å². The van der Waals surface area contributed by atoms with Crippen LogP contribution in [0.1, 0.15) is 44.9 Å². The first kappa shape index (κ1) is 17.7. The zero-order chi connectivity index (χ0) is 18.8. The lowest BCUT2D eigenvalue weighted by molar-refractivity contribution is -0.122. The number of hydrogen-bond acceptors (Lipinski definition) is 3. The average Bonchev–Trinajstić information content (AvgIpc) is 2.83. The molecule has 0 bridgehead atoms. The molecule has 142 valence electrons. The second kappa shape index (κ2) is 7.50. The van der Waals surface area contributed by atoms with E-state index in [0.717, 1.165) is 25.7 Å². The summed E-state index contributed by atoms with van der Waals surface area (Å²) in [6.45, 7) is 0.268. The number of aromatic nitrogens is 3. The highest BCUT2D eigenvalue weighted by molar-refractivity contribution is 6.04. The van der Waals surface area contributed by atoms with E-state index in [0.29, 0.717) is 21.9 Å². The van der Waals surface area contributed by atoms with Crippen LogP contribution >= 0.6 is 0 Å². The zero-order valence-electron chi connectivity index (χ0n) is 15.1. The molecule has 0 aliphatic heterocycles. The van der Waals surface area contributed by atoms with Gasteiger partial charge in [0.05, 0.1) is 6.33 Å². The summed E-state index contributed by atoms with van der Waals surface area (Å²) in [5.41, 5.74) is 1.20. The van der Waals surface area contributed by atoms with Gasteiger partial charge in [0, 0.05) is 29.9 Å². The van der Waals surface area contributed by atoms with Crippen LogP contribution in [0.3, 0.4) is 0 Å². The van der Waals surface area contributed by atoms with E-state index in [4.69, 9.17) is 0 Å². The average molecular weight is 370 g/mol. The second-order valence-electron chi connectivity index (χ2n) is 7.29. The first-order chi connectivity index (χ1) is 13.1. The van der Waals surface area contributed by atoms with E-state index in [2.05, 4.69) is 15.3 Å². The summed E-state index contributed by atoms with van der Waals surface area (Å²) in [5.74, 6) is -0.405. The van der Waals surface area contributed by atoms with E-state index in [1.54, 1.807) is 6.07 Å². The molecule has 0 spiro atoms. The quantitative estimate of drug-likeness (QED) is 0.692. The Morgan fingerprint density at radius 2 is 2.04 bits per heavy atom. The first-order valence-corrected chi connectivity index (χ1v) is 9.57. The van der Waals surface area contributed by atoms with E-state index < -0.39 is 0 Å². The number of aromatic amines is 1. The molecular formula is C20H23FN4O2. The Morgan fingerprint density at radius 1 is 1.26 bits per heavy atom. The van der Waals surface area contributed by atoms with Crippen molar-refractivity contribution in [1.82, 2.24) is 19.9 Å². The molecule has 1 fully saturated rings. The van der Waals surface area contributed by atoms with Crippen LogP contribution in [-0.4, -0.2) is 26.5 Å². The number of hydrogen-bond donors (Lipinski definition) is 2. The number of nitrogens with one attached hydrogen (secondary N) is 2. The van der Waals surface area contributed by atoms with Crippen molar-refractivity contribution in [3.63, 3.8) is 0 Å². The molecule has 2 aromatic heterocycles. The van der Waals surface area contributed by atoms with E-state index in [1.807, 2.05) is 0 Å². The lowest BCUT2D eigenvalue weighted by Gasteiger charge is -2.16. The molecule has 6 nitrogen and oxygen atoms in total. The van der Waals surface area contributed by atoms with Crippen LogP contribution in [0.5, 0.6) is 0 Å². The molecule has 0 radical (unpaired) electrons. The Morgan fingerprint density at radius 3 is 2.81 bits per heavy atom. The fourth-order valence-corrected chi connectivity index (χ4v) is 3.87. The Bertz CT molecular complexity index is 1030. The van der Waals surface area contributed by atoms with Crippen LogP contribution in [0.15, 0.2) is 29.3 Å². The number of nitrogens with zero attached hydrogens (tertiary/aromatic N) is 2. The maximum Gasteiger partial charge on any atom is 0.277 e. The minimum atomic E-state index is -0.371. The predicted molar refractivity (Wildman–Crippen MR) is 102 cm³/mol. The maximum atomic E-state index is 13.5. The Hall–Kier alpha value is -2.70. The third-order valence-electron chi connectivity index (χ3n) is 5.33. The highest BCUT2D eigenvalue weighted by Crippen LogP contribution is 2.22. The minimum Gasteiger partial charge on any atom is -0.353 e. The molecule has 1 aromatic carbocycles. The van der Waals surface area contributed by atoms with Crippen molar-refractivity contribution in [3.05, 3.63) is 40.7 Å². The molecule has 7 heteroatoms. The Balaban J connectivity index is 1.49. The normalized spacial score (nSPS) is 15.9. The maximum absolute atomic E-state index is 13.5. The van der Waals surface area contributed by atoms with Gasteiger partial charge >= 0.3 is 0 Å². The van der Waals surface area contributed by atoms with Gasteiger partial charge in [0.15, 0.2) is 0 Å². The Kier molecular flexibility index (Phi) is 4.92. The Labute approximate surface area is 155 Å². The van der Waals surface area contributed by atoms with E-state index in [-0.39, 0.29) is 36.3 Å². The molecule has 2 heterocycles. The van der Waals surface area contributed by atoms with Crippen LogP contribution in [0, 0.1) is 5.82 Å². The predicted octanol–water partition coefficient (Wildman–Crippen LogP) is 3.25. The molecule has 3 aromatic rings. The largest absolute Gasteiger partial charge is 0.353 e. The summed E-state index contributed by atoms with van der Waals surface area (Å²) in [6, 6.07) is 4.55. The molecule has 0 atom stereocenters. The van der Waals surface area contributed by atoms with Gasteiger partial charge in [-0.2, -0.15) is 0 Å². The zero-order valence-corrected chi connectivity index (χ0v) is 15.1. The number of amides is 1. The van der Waals surface area contributed by atoms with Crippen LogP contribution in [0.2, 0.25) is 0 Å². The van der Waals surface area contributed by atoms with Gasteiger partial charge < -0.3 is 10.3 Å². The molecule has 0 saturated heterocycles. The van der Waals surface area contributed by atoms with Gasteiger partial charge in [-0.1, -0.05) is 25.7 Å². The monoisotopic (exact) mass is 370 g/mol. The smallest absolute Gasteiger partial charge is 0.277 e. The first-order valence-electron chi connectivity index (χ1n) is 9.57. The van der Waals surface area contributed by atoms with Crippen molar-refractivity contribution in [3.8, 4) is 0 Å². The summed E-state index contributed by atoms with van der Waals surface area (Å²) in [4.78, 5) is 32.3. The van der Waals surface area contributed by atoms with Crippen molar-refractivity contribution in [1.29, 1.82) is 0 Å². The van der Waals surface area contributed by atoms with Crippen molar-refractivity contribution >= 4 is 27.8 Å². The third-order valence-corrected chi connectivity index (χ3v) is 5.33. The van der Waals surface area contributed by atoms with Crippen molar-refractivity contribution in [2.75, 3.05) is 0 Å². The molecule has 4 rings (SSSR count). The van der Waals surface area contributed by atoms with Crippen molar-refractivity contribution < 1.29 is 9.18 Å². The number of benzene rings is 1. The molecule has 2 N–H and O–H groups in total. The SMILES string of the molecule is O=C(CCn1cnc2c([nH]c3ccc(F)cc32)c1=O)NC1CCCCCC1. The van der Waals surface area contributed by atoms with Gasteiger partial charge in [-0.05, 0) is 31.0 Å². The number of fused-ring (bicyclic) bond motifs is 3. The van der Waals surface area contributed by atoms with Crippen LogP contribution in [0.4, 0.5) is 4.39 Å². The van der Waals surface area contributed by atoms with Crippen LogP contribution in [-0.2, 0) is 11.3 Å². The van der Waals surface area contributed by atoms with Crippen LogP contribution in [0.25, 0.3) is 21.9 Å². The fourth-order valence-electron chi connectivity index (χ4n) is 3.87. The number of carbonyl (C=O) groups is 1. The molecular weight excluding hydrogens is 347 g/mol. The van der Waals surface area contributed by atoms with Crippen molar-refractivity contribution in [2.24, 2.45) is 0 Å². The van der Waals surface area contributed by atoms with E-state index in [1.165, 1.54) is 35.9 Å². The molecule has 1 amide bonds. The number of carbonyl (C=O) groups excluding carboxylic acids is 1. The minimum absolute atomic E-state index is 0.0346. The number of H-pyrrole nitrogens is 1. The molecule has 1 aliphatic carbocycles. The van der Waals surface area contributed by atoms with Gasteiger partial charge in [0.1, 0.15) is 16.9 Å². The molecule has 1 aliphatic rings. The lowest BCUT2D eigenvalue weighted by atomic mass is 10.1. The van der Waals surface area contributed by atoms with Gasteiger partial charge in [-0.15, -0.1) is 0 Å². The van der Waals surface area contributed by atoms with E-state index in [9.17, 15) is 14.0 Å². The van der Waals surface area contributed by atoms with Gasteiger partial charge in [0.25, 0.3) is 5.56 Å². The summed E-state index contributed by atoms with van der Waals surface area (Å²) >= 11 is 0. The number of rotatable bonds is 4.